The van der Waals surface area contributed by atoms with E-state index in [2.05, 4.69) is 25.6 Å². The molecule has 2 heterocycles. The summed E-state index contributed by atoms with van der Waals surface area (Å²) in [5.74, 6) is -0.312. The van der Waals surface area contributed by atoms with Crippen molar-refractivity contribution in [1.82, 2.24) is 20.3 Å². The Labute approximate surface area is 162 Å². The minimum Gasteiger partial charge on any atom is -0.462 e. The first-order valence-electron chi connectivity index (χ1n) is 8.70. The largest absolute Gasteiger partial charge is 0.462 e. The van der Waals surface area contributed by atoms with Crippen molar-refractivity contribution in [3.05, 3.63) is 77.9 Å². The number of pyridine rings is 1. The van der Waals surface area contributed by atoms with Gasteiger partial charge in [-0.25, -0.2) is 14.8 Å². The molecule has 8 nitrogen and oxygen atoms in total. The van der Waals surface area contributed by atoms with Crippen LogP contribution in [0.1, 0.15) is 33.3 Å². The molecule has 0 fully saturated rings. The summed E-state index contributed by atoms with van der Waals surface area (Å²) in [4.78, 5) is 36.3. The Morgan fingerprint density at radius 1 is 0.964 bits per heavy atom. The minimum atomic E-state index is -0.369. The van der Waals surface area contributed by atoms with Crippen LogP contribution in [0.15, 0.2) is 61.1 Å². The van der Waals surface area contributed by atoms with E-state index >= 15 is 0 Å². The smallest absolute Gasteiger partial charge is 0.338 e. The fraction of sp³-hybridized carbons (Fsp3) is 0.150. The molecule has 1 amide bonds. The molecule has 2 N–H and O–H groups in total. The van der Waals surface area contributed by atoms with Crippen LogP contribution in [0.5, 0.6) is 0 Å². The Bertz CT molecular complexity index is 928. The van der Waals surface area contributed by atoms with Crippen LogP contribution >= 0.6 is 0 Å². The number of anilines is 2. The quantitative estimate of drug-likeness (QED) is 0.610. The van der Waals surface area contributed by atoms with Crippen LogP contribution in [0, 0.1) is 0 Å². The molecule has 0 unspecified atom stereocenters. The van der Waals surface area contributed by atoms with Gasteiger partial charge in [0.05, 0.1) is 30.0 Å². The molecule has 0 aliphatic heterocycles. The fourth-order valence-corrected chi connectivity index (χ4v) is 2.32. The lowest BCUT2D eigenvalue weighted by atomic mass is 10.2. The molecule has 0 bridgehead atoms. The lowest BCUT2D eigenvalue weighted by molar-refractivity contribution is 0.0526. The number of amides is 1. The summed E-state index contributed by atoms with van der Waals surface area (Å²) in [5.41, 5.74) is 2.29. The molecular weight excluding hydrogens is 358 g/mol. The number of hydrogen-bond acceptors (Lipinski definition) is 7. The zero-order valence-electron chi connectivity index (χ0n) is 15.3. The van der Waals surface area contributed by atoms with Crippen LogP contribution in [0.3, 0.4) is 0 Å². The molecule has 2 aromatic heterocycles. The van der Waals surface area contributed by atoms with Gasteiger partial charge in [-0.3, -0.25) is 9.78 Å². The summed E-state index contributed by atoms with van der Waals surface area (Å²) < 4.78 is 4.94. The van der Waals surface area contributed by atoms with Crippen molar-refractivity contribution in [3.63, 3.8) is 0 Å². The highest BCUT2D eigenvalue weighted by molar-refractivity contribution is 5.93. The number of rotatable bonds is 7. The number of carbonyl (C=O) groups excluding carboxylic acids is 2. The van der Waals surface area contributed by atoms with Gasteiger partial charge in [0.25, 0.3) is 5.91 Å². The number of benzene rings is 1. The third-order valence-electron chi connectivity index (χ3n) is 3.72. The van der Waals surface area contributed by atoms with Gasteiger partial charge >= 0.3 is 5.97 Å². The SMILES string of the molecule is CCOC(=O)c1ccc(Nc2ncc(C(=O)NCc3ccccn3)cn2)cc1. The van der Waals surface area contributed by atoms with Gasteiger partial charge < -0.3 is 15.4 Å². The molecule has 0 radical (unpaired) electrons. The van der Waals surface area contributed by atoms with Gasteiger partial charge in [-0.1, -0.05) is 6.07 Å². The van der Waals surface area contributed by atoms with E-state index in [-0.39, 0.29) is 11.9 Å². The lowest BCUT2D eigenvalue weighted by Gasteiger charge is -2.07. The molecule has 0 spiro atoms. The number of nitrogens with zero attached hydrogens (tertiary/aromatic N) is 3. The summed E-state index contributed by atoms with van der Waals surface area (Å²) in [6.45, 7) is 2.41. The van der Waals surface area contributed by atoms with Crippen molar-refractivity contribution in [2.45, 2.75) is 13.5 Å². The van der Waals surface area contributed by atoms with E-state index in [0.29, 0.717) is 35.9 Å². The second-order valence-corrected chi connectivity index (χ2v) is 5.72. The van der Waals surface area contributed by atoms with E-state index < -0.39 is 0 Å². The first kappa shape index (κ1) is 19.0. The number of nitrogens with one attached hydrogen (secondary N) is 2. The monoisotopic (exact) mass is 377 g/mol. The summed E-state index contributed by atoms with van der Waals surface area (Å²) in [5, 5.41) is 5.78. The maximum absolute atomic E-state index is 12.2. The Balaban J connectivity index is 1.56. The predicted molar refractivity (Wildman–Crippen MR) is 103 cm³/mol. The first-order chi connectivity index (χ1) is 13.7. The molecule has 0 atom stereocenters. The van der Waals surface area contributed by atoms with Crippen molar-refractivity contribution in [2.24, 2.45) is 0 Å². The molecular formula is C20H19N5O3. The van der Waals surface area contributed by atoms with E-state index in [9.17, 15) is 9.59 Å². The summed E-state index contributed by atoms with van der Waals surface area (Å²) in [7, 11) is 0. The first-order valence-corrected chi connectivity index (χ1v) is 8.70. The van der Waals surface area contributed by atoms with Crippen LogP contribution in [-0.2, 0) is 11.3 Å². The molecule has 1 aromatic carbocycles. The standard InChI is InChI=1S/C20H19N5O3/c1-2-28-19(27)14-6-8-16(9-7-14)25-20-23-11-15(12-24-20)18(26)22-13-17-5-3-4-10-21-17/h3-12H,2,13H2,1H3,(H,22,26)(H,23,24,25). The molecule has 0 aliphatic rings. The van der Waals surface area contributed by atoms with Gasteiger partial charge in [0.2, 0.25) is 5.95 Å². The van der Waals surface area contributed by atoms with E-state index in [1.807, 2.05) is 18.2 Å². The topological polar surface area (TPSA) is 106 Å². The number of esters is 1. The maximum atomic E-state index is 12.2. The second kappa shape index (κ2) is 9.22. The van der Waals surface area contributed by atoms with Crippen LogP contribution < -0.4 is 10.6 Å². The third-order valence-corrected chi connectivity index (χ3v) is 3.72. The van der Waals surface area contributed by atoms with Gasteiger partial charge in [0.1, 0.15) is 0 Å². The summed E-state index contributed by atoms with van der Waals surface area (Å²) in [6.07, 6.45) is 4.55. The Morgan fingerprint density at radius 3 is 2.36 bits per heavy atom. The summed E-state index contributed by atoms with van der Waals surface area (Å²) in [6, 6.07) is 12.3. The molecule has 28 heavy (non-hydrogen) atoms. The van der Waals surface area contributed by atoms with Gasteiger partial charge in [-0.2, -0.15) is 0 Å². The number of hydrogen-bond donors (Lipinski definition) is 2. The normalized spacial score (nSPS) is 10.2. The van der Waals surface area contributed by atoms with E-state index in [1.54, 1.807) is 37.4 Å². The lowest BCUT2D eigenvalue weighted by Crippen LogP contribution is -2.23. The van der Waals surface area contributed by atoms with E-state index in [0.717, 1.165) is 5.69 Å². The van der Waals surface area contributed by atoms with E-state index in [4.69, 9.17) is 4.74 Å². The maximum Gasteiger partial charge on any atom is 0.338 e. The van der Waals surface area contributed by atoms with Crippen molar-refractivity contribution >= 4 is 23.5 Å². The highest BCUT2D eigenvalue weighted by atomic mass is 16.5. The van der Waals surface area contributed by atoms with Crippen molar-refractivity contribution < 1.29 is 14.3 Å². The third kappa shape index (κ3) is 5.10. The van der Waals surface area contributed by atoms with Gasteiger partial charge in [0.15, 0.2) is 0 Å². The van der Waals surface area contributed by atoms with Gasteiger partial charge in [0, 0.05) is 24.3 Å². The van der Waals surface area contributed by atoms with Gasteiger partial charge in [-0.15, -0.1) is 0 Å². The number of carbonyl (C=O) groups is 2. The average Bonchev–Trinajstić information content (AvgIpc) is 2.74. The second-order valence-electron chi connectivity index (χ2n) is 5.72. The van der Waals surface area contributed by atoms with Crippen molar-refractivity contribution in [3.8, 4) is 0 Å². The van der Waals surface area contributed by atoms with Crippen molar-refractivity contribution in [2.75, 3.05) is 11.9 Å². The molecule has 3 aromatic rings. The Morgan fingerprint density at radius 2 is 1.71 bits per heavy atom. The van der Waals surface area contributed by atoms with Crippen LogP contribution in [0.25, 0.3) is 0 Å². The molecule has 8 heteroatoms. The fourth-order valence-electron chi connectivity index (χ4n) is 2.32. The molecule has 142 valence electrons. The number of ether oxygens (including phenoxy) is 1. The zero-order valence-corrected chi connectivity index (χ0v) is 15.3. The average molecular weight is 377 g/mol. The molecule has 3 rings (SSSR count). The predicted octanol–water partition coefficient (Wildman–Crippen LogP) is 2.72. The Kier molecular flexibility index (Phi) is 6.25. The van der Waals surface area contributed by atoms with E-state index in [1.165, 1.54) is 12.4 Å². The molecule has 0 saturated carbocycles. The van der Waals surface area contributed by atoms with Crippen LogP contribution in [0.2, 0.25) is 0 Å². The molecule has 0 saturated heterocycles. The highest BCUT2D eigenvalue weighted by Crippen LogP contribution is 2.14. The van der Waals surface area contributed by atoms with Gasteiger partial charge in [-0.05, 0) is 43.3 Å². The summed E-state index contributed by atoms with van der Waals surface area (Å²) >= 11 is 0. The molecule has 0 aliphatic carbocycles. The minimum absolute atomic E-state index is 0.281. The Hall–Kier alpha value is -3.81. The highest BCUT2D eigenvalue weighted by Gasteiger charge is 2.09. The van der Waals surface area contributed by atoms with Crippen LogP contribution in [-0.4, -0.2) is 33.4 Å². The number of aromatic nitrogens is 3. The van der Waals surface area contributed by atoms with Crippen molar-refractivity contribution in [1.29, 1.82) is 0 Å². The van der Waals surface area contributed by atoms with Crippen LogP contribution in [0.4, 0.5) is 11.6 Å². The zero-order chi connectivity index (χ0) is 19.8.